The third-order valence-corrected chi connectivity index (χ3v) is 2.36. The second-order valence-electron chi connectivity index (χ2n) is 2.17. The minimum absolute atomic E-state index is 0.154. The van der Waals surface area contributed by atoms with Gasteiger partial charge in [-0.25, -0.2) is 0 Å². The van der Waals surface area contributed by atoms with Gasteiger partial charge in [-0.15, -0.1) is 0 Å². The highest BCUT2D eigenvalue weighted by molar-refractivity contribution is 7.15. The zero-order valence-corrected chi connectivity index (χ0v) is 7.78. The Hall–Kier alpha value is -1.43. The lowest BCUT2D eigenvalue weighted by Gasteiger charge is -1.86. The molecule has 6 heteroatoms. The summed E-state index contributed by atoms with van der Waals surface area (Å²) in [6.07, 6.45) is 2.13. The Balaban J connectivity index is 2.59. The minimum Gasteiger partial charge on any atom is -0.399 e. The summed E-state index contributed by atoms with van der Waals surface area (Å²) in [6.45, 7) is 0. The number of nitrogens with zero attached hydrogens (tertiary/aromatic N) is 2. The van der Waals surface area contributed by atoms with Crippen LogP contribution in [0.1, 0.15) is 4.88 Å². The van der Waals surface area contributed by atoms with Crippen molar-refractivity contribution in [1.29, 1.82) is 0 Å². The number of rotatable bonds is 4. The molecule has 0 saturated heterocycles. The van der Waals surface area contributed by atoms with Crippen LogP contribution in [0.15, 0.2) is 17.3 Å². The molecule has 0 fully saturated rings. The minimum atomic E-state index is -0.401. The predicted molar refractivity (Wildman–Crippen MR) is 50.2 cm³/mol. The first kappa shape index (κ1) is 9.66. The largest absolute Gasteiger partial charge is 0.399 e. The molecule has 70 valence electrons. The molecule has 1 heterocycles. The quantitative estimate of drug-likeness (QED) is 0.423. The molecule has 1 aromatic heterocycles. The Bertz CT molecular complexity index is 321. The van der Waals surface area contributed by atoms with E-state index in [1.165, 1.54) is 13.2 Å². The SMILES string of the molecule is CON=CCc1ccc([N+](=O)[O-])s1. The maximum Gasteiger partial charge on any atom is 0.324 e. The number of hydrogen-bond acceptors (Lipinski definition) is 5. The van der Waals surface area contributed by atoms with Crippen LogP contribution in [0, 0.1) is 10.1 Å². The third kappa shape index (κ3) is 2.83. The van der Waals surface area contributed by atoms with Gasteiger partial charge in [0.1, 0.15) is 7.11 Å². The van der Waals surface area contributed by atoms with Crippen molar-refractivity contribution in [1.82, 2.24) is 0 Å². The summed E-state index contributed by atoms with van der Waals surface area (Å²) in [5.41, 5.74) is 0. The van der Waals surface area contributed by atoms with Crippen molar-refractivity contribution in [2.75, 3.05) is 7.11 Å². The fraction of sp³-hybridized carbons (Fsp3) is 0.286. The van der Waals surface area contributed by atoms with Crippen LogP contribution >= 0.6 is 11.3 Å². The second-order valence-corrected chi connectivity index (χ2v) is 3.32. The Morgan fingerprint density at radius 1 is 1.77 bits per heavy atom. The molecule has 5 nitrogen and oxygen atoms in total. The molecule has 0 atom stereocenters. The highest BCUT2D eigenvalue weighted by atomic mass is 32.1. The van der Waals surface area contributed by atoms with Crippen molar-refractivity contribution in [2.24, 2.45) is 5.16 Å². The molecule has 1 aromatic rings. The van der Waals surface area contributed by atoms with Crippen LogP contribution in [-0.2, 0) is 11.3 Å². The van der Waals surface area contributed by atoms with Crippen LogP contribution in [0.5, 0.6) is 0 Å². The maximum absolute atomic E-state index is 10.3. The summed E-state index contributed by atoms with van der Waals surface area (Å²) in [4.78, 5) is 15.3. The standard InChI is InChI=1S/C7H8N2O3S/c1-12-8-5-4-6-2-3-7(13-6)9(10)11/h2-3,5H,4H2,1H3. The lowest BCUT2D eigenvalue weighted by molar-refractivity contribution is -0.380. The van der Waals surface area contributed by atoms with Gasteiger partial charge < -0.3 is 4.84 Å². The van der Waals surface area contributed by atoms with E-state index in [2.05, 4.69) is 9.99 Å². The Kier molecular flexibility index (Phi) is 3.39. The van der Waals surface area contributed by atoms with E-state index in [9.17, 15) is 10.1 Å². The molecule has 0 bridgehead atoms. The normalized spacial score (nSPS) is 10.5. The molecule has 0 saturated carbocycles. The molecular formula is C7H8N2O3S. The highest BCUT2D eigenvalue weighted by Gasteiger charge is 2.08. The van der Waals surface area contributed by atoms with Gasteiger partial charge in [-0.3, -0.25) is 10.1 Å². The fourth-order valence-electron chi connectivity index (χ4n) is 0.776. The molecule has 0 radical (unpaired) electrons. The van der Waals surface area contributed by atoms with E-state index in [0.29, 0.717) is 6.42 Å². The van der Waals surface area contributed by atoms with Crippen LogP contribution in [0.4, 0.5) is 5.00 Å². The van der Waals surface area contributed by atoms with E-state index >= 15 is 0 Å². The Morgan fingerprint density at radius 2 is 2.54 bits per heavy atom. The van der Waals surface area contributed by atoms with Gasteiger partial charge in [-0.1, -0.05) is 16.5 Å². The molecule has 13 heavy (non-hydrogen) atoms. The highest BCUT2D eigenvalue weighted by Crippen LogP contribution is 2.23. The summed E-state index contributed by atoms with van der Waals surface area (Å²) < 4.78 is 0. The molecule has 0 N–H and O–H groups in total. The van der Waals surface area contributed by atoms with Gasteiger partial charge in [-0.2, -0.15) is 0 Å². The third-order valence-electron chi connectivity index (χ3n) is 1.30. The summed E-state index contributed by atoms with van der Waals surface area (Å²) in [5, 5.41) is 14.0. The van der Waals surface area contributed by atoms with Crippen LogP contribution in [0.2, 0.25) is 0 Å². The van der Waals surface area contributed by atoms with E-state index in [1.54, 1.807) is 12.3 Å². The number of hydrogen-bond donors (Lipinski definition) is 0. The topological polar surface area (TPSA) is 64.7 Å². The Labute approximate surface area is 78.8 Å². The van der Waals surface area contributed by atoms with Gasteiger partial charge in [0.25, 0.3) is 0 Å². The van der Waals surface area contributed by atoms with Gasteiger partial charge in [0.05, 0.1) is 4.92 Å². The van der Waals surface area contributed by atoms with E-state index in [0.717, 1.165) is 16.2 Å². The van der Waals surface area contributed by atoms with Gasteiger partial charge in [0, 0.05) is 23.6 Å². The first-order valence-electron chi connectivity index (χ1n) is 3.52. The van der Waals surface area contributed by atoms with Crippen LogP contribution in [-0.4, -0.2) is 18.2 Å². The summed E-state index contributed by atoms with van der Waals surface area (Å²) in [6, 6.07) is 3.20. The monoisotopic (exact) mass is 200 g/mol. The van der Waals surface area contributed by atoms with Crippen LogP contribution < -0.4 is 0 Å². The van der Waals surface area contributed by atoms with Crippen LogP contribution in [0.25, 0.3) is 0 Å². The lowest BCUT2D eigenvalue weighted by atomic mass is 10.4. The fourth-order valence-corrected chi connectivity index (χ4v) is 1.55. The van der Waals surface area contributed by atoms with Crippen molar-refractivity contribution in [3.8, 4) is 0 Å². The van der Waals surface area contributed by atoms with Crippen molar-refractivity contribution < 1.29 is 9.76 Å². The predicted octanol–water partition coefficient (Wildman–Crippen LogP) is 1.83. The molecule has 0 unspecified atom stereocenters. The average molecular weight is 200 g/mol. The maximum atomic E-state index is 10.3. The zero-order chi connectivity index (χ0) is 9.68. The van der Waals surface area contributed by atoms with Crippen molar-refractivity contribution in [3.63, 3.8) is 0 Å². The molecular weight excluding hydrogens is 192 g/mol. The summed E-state index contributed by atoms with van der Waals surface area (Å²) in [5.74, 6) is 0. The number of oxime groups is 1. The van der Waals surface area contributed by atoms with Gasteiger partial charge in [0.2, 0.25) is 0 Å². The molecule has 0 aliphatic carbocycles. The smallest absolute Gasteiger partial charge is 0.324 e. The molecule has 1 rings (SSSR count). The van der Waals surface area contributed by atoms with Crippen molar-refractivity contribution >= 4 is 22.6 Å². The molecule has 0 spiro atoms. The zero-order valence-electron chi connectivity index (χ0n) is 6.97. The van der Waals surface area contributed by atoms with Crippen molar-refractivity contribution in [2.45, 2.75) is 6.42 Å². The number of nitro groups is 1. The van der Waals surface area contributed by atoms with Gasteiger partial charge >= 0.3 is 5.00 Å². The van der Waals surface area contributed by atoms with Gasteiger partial charge in [0.15, 0.2) is 0 Å². The van der Waals surface area contributed by atoms with Gasteiger partial charge in [-0.05, 0) is 6.07 Å². The first-order chi connectivity index (χ1) is 6.24. The second kappa shape index (κ2) is 4.56. The molecule has 0 aliphatic heterocycles. The Morgan fingerprint density at radius 3 is 3.08 bits per heavy atom. The van der Waals surface area contributed by atoms with E-state index in [1.807, 2.05) is 0 Å². The summed E-state index contributed by atoms with van der Waals surface area (Å²) >= 11 is 1.15. The van der Waals surface area contributed by atoms with E-state index < -0.39 is 4.92 Å². The first-order valence-corrected chi connectivity index (χ1v) is 4.34. The van der Waals surface area contributed by atoms with E-state index in [-0.39, 0.29) is 5.00 Å². The molecule has 0 aromatic carbocycles. The van der Waals surface area contributed by atoms with E-state index in [4.69, 9.17) is 0 Å². The number of thiophene rings is 1. The lowest BCUT2D eigenvalue weighted by Crippen LogP contribution is -1.82. The average Bonchev–Trinajstić information content (AvgIpc) is 2.53. The summed E-state index contributed by atoms with van der Waals surface area (Å²) in [7, 11) is 1.45. The molecule has 0 aliphatic rings. The van der Waals surface area contributed by atoms with Crippen molar-refractivity contribution in [3.05, 3.63) is 27.1 Å². The molecule has 0 amide bonds. The van der Waals surface area contributed by atoms with Crippen LogP contribution in [0.3, 0.4) is 0 Å².